The first-order valence-corrected chi connectivity index (χ1v) is 8.70. The minimum absolute atomic E-state index is 0. The van der Waals surface area contributed by atoms with E-state index in [1.165, 1.54) is 57.4 Å². The van der Waals surface area contributed by atoms with E-state index in [1.54, 1.807) is 18.2 Å². The van der Waals surface area contributed by atoms with Gasteiger partial charge in [-0.3, -0.25) is 0 Å². The Kier molecular flexibility index (Phi) is 15.1. The number of para-hydroxylation sites is 1. The second-order valence-corrected chi connectivity index (χ2v) is 5.84. The van der Waals surface area contributed by atoms with Crippen LogP contribution in [0.5, 0.6) is 5.75 Å². The van der Waals surface area contributed by atoms with Gasteiger partial charge in [-0.15, -0.1) is 0 Å². The van der Waals surface area contributed by atoms with Crippen LogP contribution in [0.3, 0.4) is 0 Å². The number of ether oxygens (including phenoxy) is 1. The number of hydrogen-bond acceptors (Lipinski definition) is 3. The van der Waals surface area contributed by atoms with Gasteiger partial charge in [0.1, 0.15) is 11.3 Å². The molecule has 0 heterocycles. The van der Waals surface area contributed by atoms with Crippen molar-refractivity contribution in [2.75, 3.05) is 6.61 Å². The van der Waals surface area contributed by atoms with Crippen LogP contribution >= 0.6 is 0 Å². The van der Waals surface area contributed by atoms with Gasteiger partial charge in [0.2, 0.25) is 0 Å². The summed E-state index contributed by atoms with van der Waals surface area (Å²) in [6.07, 6.45) is 12.6. The summed E-state index contributed by atoms with van der Waals surface area (Å²) in [5.41, 5.74) is 0.245. The fourth-order valence-corrected chi connectivity index (χ4v) is 2.48. The van der Waals surface area contributed by atoms with Gasteiger partial charge in [0, 0.05) is 37.7 Å². The van der Waals surface area contributed by atoms with Gasteiger partial charge in [-0.05, 0) is 18.6 Å². The molecular weight excluding hydrogens is 316 g/mol. The van der Waals surface area contributed by atoms with Crippen molar-refractivity contribution in [1.29, 1.82) is 0 Å². The van der Waals surface area contributed by atoms with Gasteiger partial charge in [0.05, 0.1) is 6.61 Å². The van der Waals surface area contributed by atoms with E-state index in [9.17, 15) is 9.90 Å². The van der Waals surface area contributed by atoms with Crippen molar-refractivity contribution in [3.63, 3.8) is 0 Å². The van der Waals surface area contributed by atoms with Crippen molar-refractivity contribution in [2.24, 2.45) is 0 Å². The number of esters is 1. The Balaban J connectivity index is 0.00000484. The number of phenols is 1. The van der Waals surface area contributed by atoms with Gasteiger partial charge in [0.25, 0.3) is 0 Å². The second kappa shape index (κ2) is 15.3. The minimum atomic E-state index is -0.436. The van der Waals surface area contributed by atoms with Crippen molar-refractivity contribution < 1.29 is 14.6 Å². The predicted molar refractivity (Wildman–Crippen MR) is 96.0 cm³/mol. The molecule has 0 saturated carbocycles. The molecule has 3 nitrogen and oxygen atoms in total. The average Bonchev–Trinajstić information content (AvgIpc) is 2.53. The molecule has 4 heteroatoms. The molecule has 1 aromatic carbocycles. The standard InChI is InChI=1S/C19H30O3.Ca/c1-2-3-4-5-6-7-8-9-10-13-16-22-19(21)17-14-11-12-15-18(17)20;/h11-12,14-15,20H,2-10,13,16H2,1H3;. The SMILES string of the molecule is CCCCCCCCCCCCOC(=O)c1ccccc1O.[Ca]. The molecule has 0 fully saturated rings. The molecule has 0 spiro atoms. The Bertz CT molecular complexity index is 421. The molecule has 0 aromatic heterocycles. The van der Waals surface area contributed by atoms with Crippen molar-refractivity contribution in [3.05, 3.63) is 29.8 Å². The van der Waals surface area contributed by atoms with Crippen LogP contribution in [0, 0.1) is 0 Å². The summed E-state index contributed by atoms with van der Waals surface area (Å²) < 4.78 is 5.18. The molecule has 1 aromatic rings. The molecule has 0 atom stereocenters. The van der Waals surface area contributed by atoms with Crippen LogP contribution in [-0.4, -0.2) is 55.4 Å². The van der Waals surface area contributed by atoms with Crippen molar-refractivity contribution in [3.8, 4) is 5.75 Å². The summed E-state index contributed by atoms with van der Waals surface area (Å²) in [6, 6.07) is 6.48. The van der Waals surface area contributed by atoms with Crippen LogP contribution in [0.4, 0.5) is 0 Å². The Hall–Kier alpha value is -0.250. The largest absolute Gasteiger partial charge is 0.507 e. The number of carbonyl (C=O) groups is 1. The van der Waals surface area contributed by atoms with Crippen molar-refractivity contribution >= 4 is 43.7 Å². The number of aromatic hydroxyl groups is 1. The van der Waals surface area contributed by atoms with Crippen molar-refractivity contribution in [1.82, 2.24) is 0 Å². The number of hydrogen-bond donors (Lipinski definition) is 1. The molecule has 0 aliphatic carbocycles. The van der Waals surface area contributed by atoms with E-state index in [4.69, 9.17) is 4.74 Å². The maximum absolute atomic E-state index is 11.7. The third kappa shape index (κ3) is 11.0. The monoisotopic (exact) mass is 346 g/mol. The molecule has 1 N–H and O–H groups in total. The van der Waals surface area contributed by atoms with Crippen LogP contribution in [-0.2, 0) is 4.74 Å². The zero-order valence-electron chi connectivity index (χ0n) is 14.6. The quantitative estimate of drug-likeness (QED) is 0.326. The molecule has 126 valence electrons. The smallest absolute Gasteiger partial charge is 0.341 e. The molecule has 0 amide bonds. The zero-order chi connectivity index (χ0) is 16.0. The van der Waals surface area contributed by atoms with Crippen LogP contribution < -0.4 is 0 Å². The van der Waals surface area contributed by atoms with Crippen LogP contribution in [0.2, 0.25) is 0 Å². The van der Waals surface area contributed by atoms with E-state index in [-0.39, 0.29) is 49.1 Å². The number of phenolic OH excluding ortho intramolecular Hbond substituents is 1. The third-order valence-corrected chi connectivity index (χ3v) is 3.86. The van der Waals surface area contributed by atoms with Gasteiger partial charge in [-0.25, -0.2) is 4.79 Å². The molecule has 0 bridgehead atoms. The van der Waals surface area contributed by atoms with E-state index in [1.807, 2.05) is 0 Å². The first kappa shape index (κ1) is 22.7. The molecular formula is C19H30CaO3. The normalized spacial score (nSPS) is 10.1. The van der Waals surface area contributed by atoms with E-state index in [0.717, 1.165) is 12.8 Å². The average molecular weight is 347 g/mol. The molecule has 0 aliphatic heterocycles. The van der Waals surface area contributed by atoms with Crippen LogP contribution in [0.25, 0.3) is 0 Å². The molecule has 0 saturated heterocycles. The van der Waals surface area contributed by atoms with E-state index in [2.05, 4.69) is 6.92 Å². The first-order chi connectivity index (χ1) is 10.8. The summed E-state index contributed by atoms with van der Waals surface area (Å²) in [7, 11) is 0. The number of benzene rings is 1. The first-order valence-electron chi connectivity index (χ1n) is 8.70. The zero-order valence-corrected chi connectivity index (χ0v) is 16.8. The van der Waals surface area contributed by atoms with Gasteiger partial charge in [-0.1, -0.05) is 76.8 Å². The predicted octanol–water partition coefficient (Wildman–Crippen LogP) is 5.09. The molecule has 1 rings (SSSR count). The summed E-state index contributed by atoms with van der Waals surface area (Å²) >= 11 is 0. The van der Waals surface area contributed by atoms with E-state index < -0.39 is 5.97 Å². The third-order valence-electron chi connectivity index (χ3n) is 3.86. The summed E-state index contributed by atoms with van der Waals surface area (Å²) in [5.74, 6) is -0.454. The summed E-state index contributed by atoms with van der Waals surface area (Å²) in [6.45, 7) is 2.68. The fraction of sp³-hybridized carbons (Fsp3) is 0.632. The molecule has 2 radical (unpaired) electrons. The van der Waals surface area contributed by atoms with Gasteiger partial charge in [0.15, 0.2) is 0 Å². The Morgan fingerprint density at radius 3 is 2.00 bits per heavy atom. The Morgan fingerprint density at radius 2 is 1.43 bits per heavy atom. The number of rotatable bonds is 12. The summed E-state index contributed by atoms with van der Waals surface area (Å²) in [5, 5.41) is 9.56. The maximum atomic E-state index is 11.7. The van der Waals surface area contributed by atoms with Crippen LogP contribution in [0.1, 0.15) is 81.5 Å². The maximum Gasteiger partial charge on any atom is 0.341 e. The van der Waals surface area contributed by atoms with E-state index in [0.29, 0.717) is 6.61 Å². The van der Waals surface area contributed by atoms with Crippen LogP contribution in [0.15, 0.2) is 24.3 Å². The van der Waals surface area contributed by atoms with Gasteiger partial charge < -0.3 is 9.84 Å². The Morgan fingerprint density at radius 1 is 0.913 bits per heavy atom. The molecule has 23 heavy (non-hydrogen) atoms. The van der Waals surface area contributed by atoms with Gasteiger partial charge in [-0.2, -0.15) is 0 Å². The summed E-state index contributed by atoms with van der Waals surface area (Å²) in [4.78, 5) is 11.7. The topological polar surface area (TPSA) is 46.5 Å². The Labute approximate surface area is 170 Å². The molecule has 0 unspecified atom stereocenters. The fourth-order valence-electron chi connectivity index (χ4n) is 2.48. The minimum Gasteiger partial charge on any atom is -0.507 e. The second-order valence-electron chi connectivity index (χ2n) is 5.84. The van der Waals surface area contributed by atoms with E-state index >= 15 is 0 Å². The molecule has 0 aliphatic rings. The number of carbonyl (C=O) groups excluding carboxylic acids is 1. The van der Waals surface area contributed by atoms with Gasteiger partial charge >= 0.3 is 5.97 Å². The number of unbranched alkanes of at least 4 members (excludes halogenated alkanes) is 9. The van der Waals surface area contributed by atoms with Crippen molar-refractivity contribution in [2.45, 2.75) is 71.1 Å².